The number of rotatable bonds is 3. The van der Waals surface area contributed by atoms with E-state index in [1.54, 1.807) is 30.6 Å². The highest BCUT2D eigenvalue weighted by Crippen LogP contribution is 2.32. The van der Waals surface area contributed by atoms with E-state index in [0.717, 1.165) is 10.9 Å². The second-order valence-corrected chi connectivity index (χ2v) is 4.52. The van der Waals surface area contributed by atoms with Crippen molar-refractivity contribution in [1.82, 2.24) is 15.2 Å². The van der Waals surface area contributed by atoms with E-state index < -0.39 is 0 Å². The number of nitrogens with zero attached hydrogens (tertiary/aromatic N) is 3. The van der Waals surface area contributed by atoms with Gasteiger partial charge in [-0.1, -0.05) is 11.6 Å². The minimum atomic E-state index is 0.323. The van der Waals surface area contributed by atoms with Crippen LogP contribution in [-0.2, 0) is 6.54 Å². The summed E-state index contributed by atoms with van der Waals surface area (Å²) in [7, 11) is 0. The molecule has 2 aromatic heterocycles. The number of halogens is 1. The third-order valence-electron chi connectivity index (χ3n) is 2.87. The fraction of sp³-hybridized carbons (Fsp3) is 0.0714. The van der Waals surface area contributed by atoms with Gasteiger partial charge >= 0.3 is 0 Å². The van der Waals surface area contributed by atoms with Gasteiger partial charge in [-0.3, -0.25) is 4.98 Å². The Morgan fingerprint density at radius 3 is 2.90 bits per heavy atom. The summed E-state index contributed by atoms with van der Waals surface area (Å²) in [6.07, 6.45) is 3.26. The number of benzene rings is 1. The van der Waals surface area contributed by atoms with Crippen LogP contribution < -0.4 is 10.5 Å². The standard InChI is InChI=1S/C14H11ClN4O/c15-11-3-4-12(13-10(11)2-1-6-17-13)20-14-9(8-16)5-7-18-19-14/h1-7H,8,16H2. The van der Waals surface area contributed by atoms with E-state index in [0.29, 0.717) is 28.7 Å². The van der Waals surface area contributed by atoms with Crippen molar-refractivity contribution in [3.8, 4) is 11.6 Å². The van der Waals surface area contributed by atoms with E-state index in [-0.39, 0.29) is 0 Å². The second-order valence-electron chi connectivity index (χ2n) is 4.11. The van der Waals surface area contributed by atoms with Crippen molar-refractivity contribution in [3.05, 3.63) is 53.3 Å². The smallest absolute Gasteiger partial charge is 0.243 e. The molecule has 0 bridgehead atoms. The SMILES string of the molecule is NCc1ccnnc1Oc1ccc(Cl)c2cccnc12. The summed E-state index contributed by atoms with van der Waals surface area (Å²) in [5.74, 6) is 0.949. The Bertz CT molecular complexity index is 763. The molecule has 5 nitrogen and oxygen atoms in total. The van der Waals surface area contributed by atoms with Crippen molar-refractivity contribution in [3.63, 3.8) is 0 Å². The van der Waals surface area contributed by atoms with Crippen molar-refractivity contribution < 1.29 is 4.74 Å². The molecule has 0 spiro atoms. The van der Waals surface area contributed by atoms with E-state index in [1.807, 2.05) is 12.1 Å². The Labute approximate surface area is 120 Å². The first kappa shape index (κ1) is 12.8. The van der Waals surface area contributed by atoms with Crippen LogP contribution in [0.25, 0.3) is 10.9 Å². The fourth-order valence-corrected chi connectivity index (χ4v) is 2.10. The van der Waals surface area contributed by atoms with Gasteiger partial charge in [-0.25, -0.2) is 0 Å². The molecule has 0 unspecified atom stereocenters. The van der Waals surface area contributed by atoms with Gasteiger partial charge in [0.05, 0.1) is 11.2 Å². The van der Waals surface area contributed by atoms with Gasteiger partial charge in [-0.2, -0.15) is 5.10 Å². The predicted molar refractivity (Wildman–Crippen MR) is 76.8 cm³/mol. The normalized spacial score (nSPS) is 10.7. The largest absolute Gasteiger partial charge is 0.435 e. The molecule has 2 N–H and O–H groups in total. The number of ether oxygens (including phenoxy) is 1. The number of hydrogen-bond acceptors (Lipinski definition) is 5. The first-order chi connectivity index (χ1) is 9.79. The predicted octanol–water partition coefficient (Wildman–Crippen LogP) is 2.93. The molecule has 0 amide bonds. The van der Waals surface area contributed by atoms with Crippen LogP contribution >= 0.6 is 11.6 Å². The Morgan fingerprint density at radius 2 is 2.05 bits per heavy atom. The number of hydrogen-bond donors (Lipinski definition) is 1. The average Bonchev–Trinajstić information content (AvgIpc) is 2.51. The van der Waals surface area contributed by atoms with Crippen LogP contribution in [0.3, 0.4) is 0 Å². The highest BCUT2D eigenvalue weighted by Gasteiger charge is 2.11. The minimum Gasteiger partial charge on any atom is -0.435 e. The van der Waals surface area contributed by atoms with Crippen molar-refractivity contribution in [2.75, 3.05) is 0 Å². The summed E-state index contributed by atoms with van der Waals surface area (Å²) in [6.45, 7) is 0.323. The van der Waals surface area contributed by atoms with Crippen LogP contribution in [0.1, 0.15) is 5.56 Å². The summed E-state index contributed by atoms with van der Waals surface area (Å²) in [4.78, 5) is 4.30. The second kappa shape index (κ2) is 5.40. The van der Waals surface area contributed by atoms with Gasteiger partial charge in [0.15, 0.2) is 5.75 Å². The summed E-state index contributed by atoms with van der Waals surface area (Å²) in [5.41, 5.74) is 7.11. The van der Waals surface area contributed by atoms with E-state index in [9.17, 15) is 0 Å². The molecule has 0 aliphatic rings. The number of fused-ring (bicyclic) bond motifs is 1. The van der Waals surface area contributed by atoms with Gasteiger partial charge in [-0.05, 0) is 30.3 Å². The van der Waals surface area contributed by atoms with Gasteiger partial charge in [0.2, 0.25) is 5.88 Å². The Morgan fingerprint density at radius 1 is 1.15 bits per heavy atom. The Balaban J connectivity index is 2.09. The van der Waals surface area contributed by atoms with Crippen LogP contribution in [0.5, 0.6) is 11.6 Å². The average molecular weight is 287 g/mol. The molecule has 0 aliphatic heterocycles. The monoisotopic (exact) mass is 286 g/mol. The zero-order valence-corrected chi connectivity index (χ0v) is 11.2. The molecule has 0 fully saturated rings. The maximum absolute atomic E-state index is 6.15. The zero-order valence-electron chi connectivity index (χ0n) is 10.5. The van der Waals surface area contributed by atoms with Crippen LogP contribution in [0.15, 0.2) is 42.7 Å². The van der Waals surface area contributed by atoms with Crippen LogP contribution in [0, 0.1) is 0 Å². The molecule has 100 valence electrons. The lowest BCUT2D eigenvalue weighted by Crippen LogP contribution is -2.02. The van der Waals surface area contributed by atoms with Gasteiger partial charge in [0.1, 0.15) is 5.52 Å². The summed E-state index contributed by atoms with van der Waals surface area (Å²) in [6, 6.07) is 9.00. The molecule has 0 aliphatic carbocycles. The molecule has 0 saturated carbocycles. The van der Waals surface area contributed by atoms with Crippen LogP contribution in [0.2, 0.25) is 5.02 Å². The summed E-state index contributed by atoms with van der Waals surface area (Å²) in [5, 5.41) is 9.22. The number of aromatic nitrogens is 3. The number of nitrogens with two attached hydrogens (primary N) is 1. The minimum absolute atomic E-state index is 0.323. The van der Waals surface area contributed by atoms with Crippen molar-refractivity contribution in [2.24, 2.45) is 5.73 Å². The number of pyridine rings is 1. The first-order valence-electron chi connectivity index (χ1n) is 6.01. The third-order valence-corrected chi connectivity index (χ3v) is 3.20. The lowest BCUT2D eigenvalue weighted by atomic mass is 10.2. The topological polar surface area (TPSA) is 73.9 Å². The maximum atomic E-state index is 6.15. The van der Waals surface area contributed by atoms with Gasteiger partial charge in [0.25, 0.3) is 0 Å². The molecular formula is C14H11ClN4O. The molecule has 0 radical (unpaired) electrons. The van der Waals surface area contributed by atoms with Crippen molar-refractivity contribution in [1.29, 1.82) is 0 Å². The fourth-order valence-electron chi connectivity index (χ4n) is 1.88. The molecule has 20 heavy (non-hydrogen) atoms. The lowest BCUT2D eigenvalue weighted by molar-refractivity contribution is 0.452. The Kier molecular flexibility index (Phi) is 3.45. The van der Waals surface area contributed by atoms with E-state index >= 15 is 0 Å². The van der Waals surface area contributed by atoms with Gasteiger partial charge in [-0.15, -0.1) is 5.10 Å². The van der Waals surface area contributed by atoms with Crippen LogP contribution in [-0.4, -0.2) is 15.2 Å². The molecular weight excluding hydrogens is 276 g/mol. The third kappa shape index (κ3) is 2.29. The van der Waals surface area contributed by atoms with Crippen molar-refractivity contribution >= 4 is 22.5 Å². The van der Waals surface area contributed by atoms with E-state index in [1.165, 1.54) is 0 Å². The molecule has 6 heteroatoms. The van der Waals surface area contributed by atoms with Gasteiger partial charge in [0, 0.05) is 23.7 Å². The molecule has 0 saturated heterocycles. The van der Waals surface area contributed by atoms with Crippen molar-refractivity contribution in [2.45, 2.75) is 6.54 Å². The van der Waals surface area contributed by atoms with E-state index in [2.05, 4.69) is 15.2 Å². The quantitative estimate of drug-likeness (QED) is 0.801. The molecule has 2 heterocycles. The molecule has 3 rings (SSSR count). The summed E-state index contributed by atoms with van der Waals surface area (Å²) < 4.78 is 5.79. The highest BCUT2D eigenvalue weighted by atomic mass is 35.5. The first-order valence-corrected chi connectivity index (χ1v) is 6.39. The van der Waals surface area contributed by atoms with Gasteiger partial charge < -0.3 is 10.5 Å². The molecule has 0 atom stereocenters. The van der Waals surface area contributed by atoms with E-state index in [4.69, 9.17) is 22.1 Å². The zero-order chi connectivity index (χ0) is 13.9. The molecule has 3 aromatic rings. The maximum Gasteiger partial charge on any atom is 0.243 e. The van der Waals surface area contributed by atoms with Crippen LogP contribution in [0.4, 0.5) is 0 Å². The molecule has 1 aromatic carbocycles. The summed E-state index contributed by atoms with van der Waals surface area (Å²) >= 11 is 6.15. The Hall–Kier alpha value is -2.24. The lowest BCUT2D eigenvalue weighted by Gasteiger charge is -2.10. The highest BCUT2D eigenvalue weighted by molar-refractivity contribution is 6.35.